The van der Waals surface area contributed by atoms with Crippen LogP contribution in [0.1, 0.15) is 52.4 Å². The first-order valence-electron chi connectivity index (χ1n) is 7.20. The summed E-state index contributed by atoms with van der Waals surface area (Å²) < 4.78 is 26.3. The van der Waals surface area contributed by atoms with Gasteiger partial charge in [-0.2, -0.15) is 0 Å². The predicted octanol–water partition coefficient (Wildman–Crippen LogP) is 1.87. The lowest BCUT2D eigenvalue weighted by atomic mass is 10.0. The van der Waals surface area contributed by atoms with Crippen molar-refractivity contribution < 1.29 is 8.42 Å². The van der Waals surface area contributed by atoms with Crippen LogP contribution in [0.15, 0.2) is 0 Å². The summed E-state index contributed by atoms with van der Waals surface area (Å²) in [6.07, 6.45) is 6.30. The van der Waals surface area contributed by atoms with E-state index in [9.17, 15) is 8.42 Å². The van der Waals surface area contributed by atoms with Crippen LogP contribution in [-0.4, -0.2) is 33.3 Å². The molecule has 1 rings (SSSR count). The molecule has 0 amide bonds. The Labute approximate surface area is 112 Å². The lowest BCUT2D eigenvalue weighted by Gasteiger charge is -2.23. The van der Waals surface area contributed by atoms with E-state index < -0.39 is 10.0 Å². The Hall–Kier alpha value is -0.130. The van der Waals surface area contributed by atoms with Crippen LogP contribution in [-0.2, 0) is 10.0 Å². The van der Waals surface area contributed by atoms with Crippen LogP contribution in [0, 0.1) is 5.92 Å². The monoisotopic (exact) mass is 276 g/mol. The quantitative estimate of drug-likeness (QED) is 0.665. The molecule has 0 aromatic rings. The molecule has 18 heavy (non-hydrogen) atoms. The zero-order chi connectivity index (χ0) is 13.4. The van der Waals surface area contributed by atoms with Gasteiger partial charge in [0.1, 0.15) is 0 Å². The molecule has 1 saturated heterocycles. The minimum atomic E-state index is -3.07. The zero-order valence-corrected chi connectivity index (χ0v) is 12.6. The molecule has 1 aliphatic rings. The van der Waals surface area contributed by atoms with Gasteiger partial charge in [-0.15, -0.1) is 0 Å². The summed E-state index contributed by atoms with van der Waals surface area (Å²) in [6, 6.07) is 0.394. The smallest absolute Gasteiger partial charge is 0.211 e. The summed E-state index contributed by atoms with van der Waals surface area (Å²) in [7, 11) is -3.07. The van der Waals surface area contributed by atoms with Gasteiger partial charge in [0, 0.05) is 12.6 Å². The number of hydrogen-bond acceptors (Lipinski definition) is 3. The van der Waals surface area contributed by atoms with Gasteiger partial charge in [0.05, 0.1) is 5.75 Å². The van der Waals surface area contributed by atoms with E-state index in [1.165, 1.54) is 12.8 Å². The summed E-state index contributed by atoms with van der Waals surface area (Å²) >= 11 is 0. The van der Waals surface area contributed by atoms with E-state index in [2.05, 4.69) is 23.9 Å². The Kier molecular flexibility index (Phi) is 7.19. The molecule has 1 aliphatic heterocycles. The molecule has 1 unspecified atom stereocenters. The van der Waals surface area contributed by atoms with Crippen molar-refractivity contribution in [3.05, 3.63) is 0 Å². The topological polar surface area (TPSA) is 58.2 Å². The van der Waals surface area contributed by atoms with Crippen molar-refractivity contribution >= 4 is 10.0 Å². The van der Waals surface area contributed by atoms with Crippen LogP contribution < -0.4 is 10.0 Å². The summed E-state index contributed by atoms with van der Waals surface area (Å²) in [5, 5.41) is 3.38. The third-order valence-electron chi connectivity index (χ3n) is 3.43. The number of sulfonamides is 1. The van der Waals surface area contributed by atoms with Crippen LogP contribution >= 0.6 is 0 Å². The van der Waals surface area contributed by atoms with Crippen LogP contribution in [0.5, 0.6) is 0 Å². The van der Waals surface area contributed by atoms with Gasteiger partial charge in [-0.1, -0.05) is 20.3 Å². The maximum Gasteiger partial charge on any atom is 0.211 e. The maximum atomic E-state index is 11.8. The molecule has 0 bridgehead atoms. The highest BCUT2D eigenvalue weighted by molar-refractivity contribution is 7.89. The molecule has 0 radical (unpaired) electrons. The summed E-state index contributed by atoms with van der Waals surface area (Å²) in [5.74, 6) is 0.896. The average Bonchev–Trinajstić information content (AvgIpc) is 2.34. The molecule has 0 aromatic heterocycles. The highest BCUT2D eigenvalue weighted by atomic mass is 32.2. The second-order valence-electron chi connectivity index (χ2n) is 5.68. The normalized spacial score (nSPS) is 21.4. The van der Waals surface area contributed by atoms with Crippen molar-refractivity contribution in [1.82, 2.24) is 10.0 Å². The standard InChI is InChI=1S/C13H28N2O2S/c1-12(2)6-5-10-15-18(16,17)11-8-13-7-3-4-9-14-13/h12-15H,3-11H2,1-2H3. The first-order chi connectivity index (χ1) is 8.49. The summed E-state index contributed by atoms with van der Waals surface area (Å²) in [5.41, 5.74) is 0. The number of nitrogens with one attached hydrogen (secondary N) is 2. The highest BCUT2D eigenvalue weighted by Gasteiger charge is 2.16. The van der Waals surface area contributed by atoms with Gasteiger partial charge in [-0.05, 0) is 44.6 Å². The van der Waals surface area contributed by atoms with Gasteiger partial charge in [-0.25, -0.2) is 13.1 Å². The lowest BCUT2D eigenvalue weighted by molar-refractivity contribution is 0.392. The third-order valence-corrected chi connectivity index (χ3v) is 4.84. The first kappa shape index (κ1) is 15.9. The minimum Gasteiger partial charge on any atom is -0.314 e. The van der Waals surface area contributed by atoms with Gasteiger partial charge in [0.2, 0.25) is 10.0 Å². The van der Waals surface area contributed by atoms with Crippen LogP contribution in [0.25, 0.3) is 0 Å². The number of piperidine rings is 1. The van der Waals surface area contributed by atoms with Crippen molar-refractivity contribution in [1.29, 1.82) is 0 Å². The molecule has 0 spiro atoms. The maximum absolute atomic E-state index is 11.8. The van der Waals surface area contributed by atoms with Crippen LogP contribution in [0.3, 0.4) is 0 Å². The largest absolute Gasteiger partial charge is 0.314 e. The van der Waals surface area contributed by atoms with Crippen molar-refractivity contribution in [3.8, 4) is 0 Å². The predicted molar refractivity (Wildman–Crippen MR) is 76.1 cm³/mol. The van der Waals surface area contributed by atoms with Gasteiger partial charge in [0.15, 0.2) is 0 Å². The van der Waals surface area contributed by atoms with Crippen LogP contribution in [0.4, 0.5) is 0 Å². The fourth-order valence-corrected chi connectivity index (χ4v) is 3.47. The Morgan fingerprint density at radius 2 is 2.11 bits per heavy atom. The molecule has 1 heterocycles. The van der Waals surface area contributed by atoms with E-state index >= 15 is 0 Å². The molecule has 0 saturated carbocycles. The molecular formula is C13H28N2O2S. The molecule has 0 aliphatic carbocycles. The molecule has 1 atom stereocenters. The highest BCUT2D eigenvalue weighted by Crippen LogP contribution is 2.10. The van der Waals surface area contributed by atoms with E-state index in [1.807, 2.05) is 0 Å². The minimum absolute atomic E-state index is 0.256. The van der Waals surface area contributed by atoms with Crippen molar-refractivity contribution in [2.24, 2.45) is 5.92 Å². The van der Waals surface area contributed by atoms with Gasteiger partial charge >= 0.3 is 0 Å². The van der Waals surface area contributed by atoms with E-state index in [4.69, 9.17) is 0 Å². The average molecular weight is 276 g/mol. The SMILES string of the molecule is CC(C)CCCNS(=O)(=O)CCC1CCCCN1. The molecule has 2 N–H and O–H groups in total. The third kappa shape index (κ3) is 7.34. The molecule has 4 nitrogen and oxygen atoms in total. The van der Waals surface area contributed by atoms with Crippen molar-refractivity contribution in [3.63, 3.8) is 0 Å². The first-order valence-corrected chi connectivity index (χ1v) is 8.85. The van der Waals surface area contributed by atoms with Gasteiger partial charge in [-0.3, -0.25) is 0 Å². The van der Waals surface area contributed by atoms with E-state index in [-0.39, 0.29) is 5.75 Å². The van der Waals surface area contributed by atoms with Crippen molar-refractivity contribution in [2.45, 2.75) is 58.4 Å². The second-order valence-corrected chi connectivity index (χ2v) is 7.61. The lowest BCUT2D eigenvalue weighted by Crippen LogP contribution is -2.37. The second kappa shape index (κ2) is 8.12. The molecular weight excluding hydrogens is 248 g/mol. The van der Waals surface area contributed by atoms with E-state index in [0.717, 1.165) is 32.2 Å². The molecule has 0 aromatic carbocycles. The number of hydrogen-bond donors (Lipinski definition) is 2. The Morgan fingerprint density at radius 3 is 2.72 bits per heavy atom. The van der Waals surface area contributed by atoms with E-state index in [0.29, 0.717) is 18.5 Å². The summed E-state index contributed by atoms with van der Waals surface area (Å²) in [4.78, 5) is 0. The number of rotatable bonds is 8. The van der Waals surface area contributed by atoms with E-state index in [1.54, 1.807) is 0 Å². The fraction of sp³-hybridized carbons (Fsp3) is 1.00. The van der Waals surface area contributed by atoms with Gasteiger partial charge < -0.3 is 5.32 Å². The Bertz CT molecular complexity index is 309. The fourth-order valence-electron chi connectivity index (χ4n) is 2.28. The molecule has 5 heteroatoms. The molecule has 108 valence electrons. The Morgan fingerprint density at radius 1 is 1.33 bits per heavy atom. The molecule has 1 fully saturated rings. The summed E-state index contributed by atoms with van der Waals surface area (Å²) in [6.45, 7) is 5.93. The zero-order valence-electron chi connectivity index (χ0n) is 11.7. The van der Waals surface area contributed by atoms with Gasteiger partial charge in [0.25, 0.3) is 0 Å². The van der Waals surface area contributed by atoms with Crippen LogP contribution in [0.2, 0.25) is 0 Å². The van der Waals surface area contributed by atoms with Crippen molar-refractivity contribution in [2.75, 3.05) is 18.8 Å². The Balaban J connectivity index is 2.14.